The van der Waals surface area contributed by atoms with E-state index in [-0.39, 0.29) is 28.1 Å². The Labute approximate surface area is 201 Å². The molecule has 2 aromatic carbocycles. The van der Waals surface area contributed by atoms with E-state index >= 15 is 0 Å². The molecule has 8 heteroatoms. The van der Waals surface area contributed by atoms with Crippen molar-refractivity contribution in [3.8, 4) is 0 Å². The van der Waals surface area contributed by atoms with E-state index in [2.05, 4.69) is 39.4 Å². The number of sulfone groups is 1. The Morgan fingerprint density at radius 3 is 2.21 bits per heavy atom. The minimum absolute atomic E-state index is 0.132. The van der Waals surface area contributed by atoms with Crippen LogP contribution >= 0.6 is 0 Å². The fourth-order valence-electron chi connectivity index (χ4n) is 4.08. The Balaban J connectivity index is 1.15. The number of nitrogens with zero attached hydrogens (tertiary/aromatic N) is 2. The van der Waals surface area contributed by atoms with Crippen molar-refractivity contribution in [2.75, 3.05) is 39.3 Å². The van der Waals surface area contributed by atoms with Crippen molar-refractivity contribution >= 4 is 15.7 Å². The lowest BCUT2D eigenvalue weighted by Crippen LogP contribution is -2.46. The molecule has 2 heterocycles. The highest BCUT2D eigenvalue weighted by Crippen LogP contribution is 2.18. The van der Waals surface area contributed by atoms with Gasteiger partial charge in [0.05, 0.1) is 4.90 Å². The molecule has 180 valence electrons. The molecule has 1 amide bonds. The molecule has 3 aromatic rings. The zero-order valence-electron chi connectivity index (χ0n) is 19.2. The third kappa shape index (κ3) is 6.79. The average Bonchev–Trinajstić information content (AvgIpc) is 3.32. The molecule has 1 aliphatic rings. The maximum absolute atomic E-state index is 12.5. The second kappa shape index (κ2) is 11.5. The quantitative estimate of drug-likeness (QED) is 0.448. The smallest absolute Gasteiger partial charge is 0.286 e. The summed E-state index contributed by atoms with van der Waals surface area (Å²) in [5.41, 5.74) is 1.34. The van der Waals surface area contributed by atoms with E-state index < -0.39 is 9.84 Å². The van der Waals surface area contributed by atoms with Gasteiger partial charge in [0.15, 0.2) is 15.6 Å². The van der Waals surface area contributed by atoms with Gasteiger partial charge in [0.25, 0.3) is 5.91 Å². The summed E-state index contributed by atoms with van der Waals surface area (Å²) in [6.07, 6.45) is 0.848. The molecule has 0 radical (unpaired) electrons. The zero-order valence-corrected chi connectivity index (χ0v) is 20.0. The molecule has 4 rings (SSSR count). The van der Waals surface area contributed by atoms with Crippen LogP contribution < -0.4 is 5.32 Å². The van der Waals surface area contributed by atoms with E-state index in [1.807, 2.05) is 6.07 Å². The number of piperazine rings is 1. The van der Waals surface area contributed by atoms with Gasteiger partial charge in [-0.2, -0.15) is 0 Å². The maximum Gasteiger partial charge on any atom is 0.286 e. The number of carbonyl (C=O) groups excluding carboxylic acids is 1. The summed E-state index contributed by atoms with van der Waals surface area (Å²) in [4.78, 5) is 17.5. The number of benzene rings is 2. The van der Waals surface area contributed by atoms with Crippen molar-refractivity contribution in [1.82, 2.24) is 15.1 Å². The molecule has 0 atom stereocenters. The molecular weight excluding hydrogens is 450 g/mol. The van der Waals surface area contributed by atoms with Crippen LogP contribution in [0.2, 0.25) is 0 Å². The predicted molar refractivity (Wildman–Crippen MR) is 131 cm³/mol. The van der Waals surface area contributed by atoms with Gasteiger partial charge in [0.2, 0.25) is 0 Å². The first kappa shape index (κ1) is 24.2. The van der Waals surface area contributed by atoms with Crippen molar-refractivity contribution in [3.05, 3.63) is 89.9 Å². The minimum atomic E-state index is -3.52. The monoisotopic (exact) mass is 481 g/mol. The first-order chi connectivity index (χ1) is 16.5. The summed E-state index contributed by atoms with van der Waals surface area (Å²) in [5.74, 6) is -0.216. The fraction of sp³-hybridized carbons (Fsp3) is 0.346. The van der Waals surface area contributed by atoms with Gasteiger partial charge in [-0.05, 0) is 42.8 Å². The number of amides is 1. The van der Waals surface area contributed by atoms with Crippen molar-refractivity contribution in [2.45, 2.75) is 23.6 Å². The Bertz CT molecular complexity index is 1160. The van der Waals surface area contributed by atoms with Crippen LogP contribution in [-0.4, -0.2) is 63.4 Å². The summed E-state index contributed by atoms with van der Waals surface area (Å²) in [7, 11) is -3.52. The van der Waals surface area contributed by atoms with Crippen molar-refractivity contribution < 1.29 is 17.6 Å². The lowest BCUT2D eigenvalue weighted by Gasteiger charge is -2.34. The van der Waals surface area contributed by atoms with E-state index in [1.165, 1.54) is 11.6 Å². The van der Waals surface area contributed by atoms with Crippen molar-refractivity contribution in [2.24, 2.45) is 0 Å². The maximum atomic E-state index is 12.5. The summed E-state index contributed by atoms with van der Waals surface area (Å²) in [6.45, 7) is 6.60. The molecule has 0 unspecified atom stereocenters. The van der Waals surface area contributed by atoms with Crippen LogP contribution in [0.5, 0.6) is 0 Å². The van der Waals surface area contributed by atoms with E-state index in [0.29, 0.717) is 6.54 Å². The van der Waals surface area contributed by atoms with Gasteiger partial charge >= 0.3 is 0 Å². The highest BCUT2D eigenvalue weighted by atomic mass is 32.2. The van der Waals surface area contributed by atoms with Gasteiger partial charge in [0.1, 0.15) is 11.5 Å². The molecule has 1 saturated heterocycles. The van der Waals surface area contributed by atoms with Crippen LogP contribution in [0.3, 0.4) is 0 Å². The van der Waals surface area contributed by atoms with Crippen LogP contribution in [0.4, 0.5) is 0 Å². The molecule has 1 fully saturated rings. The molecule has 0 aliphatic carbocycles. The average molecular weight is 482 g/mol. The predicted octanol–water partition coefficient (Wildman–Crippen LogP) is 3.19. The van der Waals surface area contributed by atoms with Crippen LogP contribution in [-0.2, 0) is 22.1 Å². The van der Waals surface area contributed by atoms with E-state index in [4.69, 9.17) is 4.42 Å². The lowest BCUT2D eigenvalue weighted by atomic mass is 10.2. The molecule has 1 aliphatic heterocycles. The summed E-state index contributed by atoms with van der Waals surface area (Å²) in [6, 6.07) is 21.8. The number of furan rings is 1. The summed E-state index contributed by atoms with van der Waals surface area (Å²) < 4.78 is 30.5. The second-order valence-electron chi connectivity index (χ2n) is 8.55. The first-order valence-electron chi connectivity index (χ1n) is 11.6. The topological polar surface area (TPSA) is 82.9 Å². The van der Waals surface area contributed by atoms with Gasteiger partial charge in [-0.3, -0.25) is 9.69 Å². The van der Waals surface area contributed by atoms with Gasteiger partial charge in [-0.15, -0.1) is 0 Å². The molecule has 0 saturated carbocycles. The van der Waals surface area contributed by atoms with Gasteiger partial charge < -0.3 is 14.6 Å². The van der Waals surface area contributed by atoms with Crippen molar-refractivity contribution in [1.29, 1.82) is 0 Å². The first-order valence-corrected chi connectivity index (χ1v) is 13.3. The van der Waals surface area contributed by atoms with Crippen molar-refractivity contribution in [3.63, 3.8) is 0 Å². The molecule has 1 N–H and O–H groups in total. The molecule has 0 spiro atoms. The Kier molecular flexibility index (Phi) is 8.16. The SMILES string of the molecule is O=C(NCCCN1CCN(Cc2ccccc2)CC1)c1ccc(CS(=O)(=O)c2ccccc2)o1. The highest BCUT2D eigenvalue weighted by molar-refractivity contribution is 7.90. The van der Waals surface area contributed by atoms with Crippen LogP contribution in [0, 0.1) is 0 Å². The number of hydrogen-bond donors (Lipinski definition) is 1. The summed E-state index contributed by atoms with van der Waals surface area (Å²) >= 11 is 0. The van der Waals surface area contributed by atoms with Gasteiger partial charge in [0, 0.05) is 39.3 Å². The van der Waals surface area contributed by atoms with E-state index in [1.54, 1.807) is 36.4 Å². The van der Waals surface area contributed by atoms with Crippen LogP contribution in [0.25, 0.3) is 0 Å². The van der Waals surface area contributed by atoms with Gasteiger partial charge in [-0.25, -0.2) is 8.42 Å². The number of rotatable bonds is 10. The van der Waals surface area contributed by atoms with E-state index in [0.717, 1.165) is 45.7 Å². The largest absolute Gasteiger partial charge is 0.455 e. The fourth-order valence-corrected chi connectivity index (χ4v) is 5.35. The number of hydrogen-bond acceptors (Lipinski definition) is 6. The Morgan fingerprint density at radius 2 is 1.50 bits per heavy atom. The Hall–Kier alpha value is -2.94. The normalized spacial score (nSPS) is 15.3. The third-order valence-electron chi connectivity index (χ3n) is 5.97. The van der Waals surface area contributed by atoms with E-state index in [9.17, 15) is 13.2 Å². The highest BCUT2D eigenvalue weighted by Gasteiger charge is 2.20. The van der Waals surface area contributed by atoms with Crippen LogP contribution in [0.15, 0.2) is 82.1 Å². The lowest BCUT2D eigenvalue weighted by molar-refractivity contribution is 0.0918. The van der Waals surface area contributed by atoms with Crippen LogP contribution in [0.1, 0.15) is 28.3 Å². The molecule has 7 nitrogen and oxygen atoms in total. The minimum Gasteiger partial charge on any atom is -0.455 e. The Morgan fingerprint density at radius 1 is 0.853 bits per heavy atom. The number of nitrogens with one attached hydrogen (secondary N) is 1. The molecule has 0 bridgehead atoms. The molecular formula is C26H31N3O4S. The van der Waals surface area contributed by atoms with Gasteiger partial charge in [-0.1, -0.05) is 48.5 Å². The standard InChI is InChI=1S/C26H31N3O4S/c30-26(25-13-12-23(33-25)21-34(31,32)24-10-5-2-6-11-24)27-14-7-15-28-16-18-29(19-17-28)20-22-8-3-1-4-9-22/h1-6,8-13H,7,14-21H2,(H,27,30). The summed E-state index contributed by atoms with van der Waals surface area (Å²) in [5, 5.41) is 2.87. The zero-order chi connectivity index (χ0) is 23.8. The molecule has 34 heavy (non-hydrogen) atoms. The molecule has 1 aromatic heterocycles. The number of carbonyl (C=O) groups is 1. The third-order valence-corrected chi connectivity index (χ3v) is 7.63. The second-order valence-corrected chi connectivity index (χ2v) is 10.5.